The molecule has 150 valence electrons. The number of fused-ring (bicyclic) bond motifs is 1. The molecule has 1 aromatic carbocycles. The quantitative estimate of drug-likeness (QED) is 0.512. The molecule has 0 atom stereocenters. The number of benzene rings is 1. The number of amides is 1. The topological polar surface area (TPSA) is 81.4 Å². The number of nitrogens with one attached hydrogen (secondary N) is 1. The van der Waals surface area contributed by atoms with E-state index in [1.54, 1.807) is 10.7 Å². The van der Waals surface area contributed by atoms with E-state index in [2.05, 4.69) is 20.4 Å². The highest BCUT2D eigenvalue weighted by molar-refractivity contribution is 5.92. The van der Waals surface area contributed by atoms with E-state index in [1.807, 2.05) is 60.8 Å². The number of hydrogen-bond acceptors (Lipinski definition) is 5. The van der Waals surface area contributed by atoms with E-state index in [0.29, 0.717) is 18.2 Å². The number of anilines is 1. The van der Waals surface area contributed by atoms with Crippen LogP contribution in [0.2, 0.25) is 0 Å². The van der Waals surface area contributed by atoms with Crippen molar-refractivity contribution in [3.63, 3.8) is 0 Å². The summed E-state index contributed by atoms with van der Waals surface area (Å²) in [6.07, 6.45) is 6.32. The third kappa shape index (κ3) is 4.00. The lowest BCUT2D eigenvalue weighted by atomic mass is 10.1. The maximum absolute atomic E-state index is 12.0. The van der Waals surface area contributed by atoms with Crippen LogP contribution in [0.1, 0.15) is 18.4 Å². The largest absolute Gasteiger partial charge is 0.493 e. The first-order chi connectivity index (χ1) is 14.8. The average molecular weight is 399 g/mol. The van der Waals surface area contributed by atoms with E-state index in [4.69, 9.17) is 4.74 Å². The summed E-state index contributed by atoms with van der Waals surface area (Å²) in [5.41, 5.74) is 3.73. The Bertz CT molecular complexity index is 1170. The molecular weight excluding hydrogens is 378 g/mol. The summed E-state index contributed by atoms with van der Waals surface area (Å²) in [5, 5.41) is 7.29. The van der Waals surface area contributed by atoms with Crippen molar-refractivity contribution < 1.29 is 9.53 Å². The molecule has 0 unspecified atom stereocenters. The predicted octanol–water partition coefficient (Wildman–Crippen LogP) is 3.76. The average Bonchev–Trinajstić information content (AvgIpc) is 3.55. The highest BCUT2D eigenvalue weighted by Gasteiger charge is 2.30. The Morgan fingerprint density at radius 3 is 2.73 bits per heavy atom. The van der Waals surface area contributed by atoms with Gasteiger partial charge in [-0.2, -0.15) is 4.98 Å². The molecule has 0 saturated heterocycles. The van der Waals surface area contributed by atoms with Crippen LogP contribution in [-0.4, -0.2) is 32.1 Å². The molecule has 1 aliphatic rings. The zero-order valence-corrected chi connectivity index (χ0v) is 16.4. The first-order valence-electron chi connectivity index (χ1n) is 10.0. The zero-order chi connectivity index (χ0) is 20.3. The lowest BCUT2D eigenvalue weighted by Gasteiger charge is -2.08. The number of carbonyl (C=O) groups excluding carboxylic acids is 1. The van der Waals surface area contributed by atoms with Crippen molar-refractivity contribution in [1.29, 1.82) is 0 Å². The molecule has 0 bridgehead atoms. The minimum atomic E-state index is 0.000224. The fourth-order valence-electron chi connectivity index (χ4n) is 3.29. The summed E-state index contributed by atoms with van der Waals surface area (Å²) < 4.78 is 7.61. The van der Waals surface area contributed by atoms with Gasteiger partial charge < -0.3 is 4.74 Å². The van der Waals surface area contributed by atoms with Crippen molar-refractivity contribution in [2.45, 2.75) is 19.3 Å². The summed E-state index contributed by atoms with van der Waals surface area (Å²) in [7, 11) is 0. The van der Waals surface area contributed by atoms with Crippen LogP contribution in [0.4, 0.5) is 5.95 Å². The zero-order valence-electron chi connectivity index (χ0n) is 16.4. The van der Waals surface area contributed by atoms with Crippen LogP contribution < -0.4 is 10.1 Å². The number of rotatable bonds is 7. The van der Waals surface area contributed by atoms with E-state index in [9.17, 15) is 4.79 Å². The van der Waals surface area contributed by atoms with Crippen molar-refractivity contribution in [2.75, 3.05) is 11.9 Å². The van der Waals surface area contributed by atoms with Gasteiger partial charge in [0, 0.05) is 30.3 Å². The van der Waals surface area contributed by atoms with Crippen LogP contribution in [0.5, 0.6) is 5.75 Å². The van der Waals surface area contributed by atoms with Crippen molar-refractivity contribution in [2.24, 2.45) is 5.92 Å². The summed E-state index contributed by atoms with van der Waals surface area (Å²) in [6, 6.07) is 17.7. The van der Waals surface area contributed by atoms with E-state index in [-0.39, 0.29) is 11.8 Å². The molecule has 7 nitrogen and oxygen atoms in total. The van der Waals surface area contributed by atoms with Crippen LogP contribution in [0.25, 0.3) is 16.9 Å². The minimum Gasteiger partial charge on any atom is -0.493 e. The van der Waals surface area contributed by atoms with E-state index >= 15 is 0 Å². The van der Waals surface area contributed by atoms with Gasteiger partial charge >= 0.3 is 0 Å². The minimum absolute atomic E-state index is 0.000224. The number of pyridine rings is 2. The molecule has 5 rings (SSSR count). The maximum Gasteiger partial charge on any atom is 0.249 e. The van der Waals surface area contributed by atoms with Crippen molar-refractivity contribution in [3.8, 4) is 17.0 Å². The summed E-state index contributed by atoms with van der Waals surface area (Å²) in [6.45, 7) is 0.591. The number of aromatic nitrogens is 4. The van der Waals surface area contributed by atoms with Crippen molar-refractivity contribution in [1.82, 2.24) is 19.6 Å². The van der Waals surface area contributed by atoms with Crippen LogP contribution in [0.15, 0.2) is 67.0 Å². The fraction of sp³-hybridized carbons (Fsp3) is 0.217. The van der Waals surface area contributed by atoms with E-state index in [1.165, 1.54) is 0 Å². The molecule has 0 aliphatic heterocycles. The molecule has 1 aliphatic carbocycles. The van der Waals surface area contributed by atoms with Gasteiger partial charge in [-0.25, -0.2) is 4.52 Å². The van der Waals surface area contributed by atoms with Crippen LogP contribution >= 0.6 is 0 Å². The molecule has 30 heavy (non-hydrogen) atoms. The third-order valence-electron chi connectivity index (χ3n) is 5.08. The molecule has 0 radical (unpaired) electrons. The Hall–Kier alpha value is -3.74. The van der Waals surface area contributed by atoms with Gasteiger partial charge in [-0.15, -0.1) is 5.10 Å². The van der Waals surface area contributed by atoms with Crippen molar-refractivity contribution in [3.05, 3.63) is 72.6 Å². The first kappa shape index (κ1) is 18.3. The molecule has 7 heteroatoms. The fourth-order valence-corrected chi connectivity index (χ4v) is 3.29. The van der Waals surface area contributed by atoms with Crippen LogP contribution in [0, 0.1) is 5.92 Å². The molecule has 1 saturated carbocycles. The van der Waals surface area contributed by atoms with Gasteiger partial charge in [0.25, 0.3) is 0 Å². The van der Waals surface area contributed by atoms with Gasteiger partial charge in [0.15, 0.2) is 5.65 Å². The van der Waals surface area contributed by atoms with Gasteiger partial charge in [0.1, 0.15) is 5.75 Å². The van der Waals surface area contributed by atoms with Crippen LogP contribution in [0.3, 0.4) is 0 Å². The van der Waals surface area contributed by atoms with E-state index < -0.39 is 0 Å². The van der Waals surface area contributed by atoms with E-state index in [0.717, 1.165) is 41.8 Å². The number of carbonyl (C=O) groups is 1. The summed E-state index contributed by atoms with van der Waals surface area (Å²) >= 11 is 0. The highest BCUT2D eigenvalue weighted by Crippen LogP contribution is 2.30. The molecule has 1 fully saturated rings. The molecule has 4 aromatic rings. The Morgan fingerprint density at radius 1 is 1.10 bits per heavy atom. The smallest absolute Gasteiger partial charge is 0.249 e. The van der Waals surface area contributed by atoms with Gasteiger partial charge in [0.2, 0.25) is 11.9 Å². The second kappa shape index (κ2) is 7.94. The lowest BCUT2D eigenvalue weighted by molar-refractivity contribution is -0.117. The standard InChI is InChI=1S/C23H21N5O2/c29-22(18-6-7-18)26-23-25-21-5-1-4-20(28(21)27-23)17-8-10-19(11-9-17)30-14-12-16-3-2-13-24-15-16/h1-5,8-11,13,15,18H,6-7,12,14H2,(H,26,27,29). The molecule has 3 heterocycles. The number of hydrogen-bond donors (Lipinski definition) is 1. The second-order valence-corrected chi connectivity index (χ2v) is 7.36. The Morgan fingerprint density at radius 2 is 1.97 bits per heavy atom. The molecular formula is C23H21N5O2. The van der Waals surface area contributed by atoms with Crippen molar-refractivity contribution >= 4 is 17.5 Å². The molecule has 0 spiro atoms. The Kier molecular flexibility index (Phi) is 4.85. The normalized spacial score (nSPS) is 13.3. The SMILES string of the molecule is O=C(Nc1nc2cccc(-c3ccc(OCCc4cccnc4)cc3)n2n1)C1CC1. The Labute approximate surface area is 173 Å². The predicted molar refractivity (Wildman–Crippen MR) is 113 cm³/mol. The first-order valence-corrected chi connectivity index (χ1v) is 10.0. The monoisotopic (exact) mass is 399 g/mol. The Balaban J connectivity index is 1.29. The van der Waals surface area contributed by atoms with Gasteiger partial charge in [-0.3, -0.25) is 15.1 Å². The van der Waals surface area contributed by atoms with Gasteiger partial charge in [-0.05, 0) is 60.9 Å². The third-order valence-corrected chi connectivity index (χ3v) is 5.08. The number of nitrogens with zero attached hydrogens (tertiary/aromatic N) is 4. The maximum atomic E-state index is 12.0. The summed E-state index contributed by atoms with van der Waals surface area (Å²) in [5.74, 6) is 1.27. The molecule has 1 N–H and O–H groups in total. The molecule has 1 amide bonds. The van der Waals surface area contributed by atoms with Gasteiger partial charge in [-0.1, -0.05) is 12.1 Å². The highest BCUT2D eigenvalue weighted by atomic mass is 16.5. The molecule has 3 aromatic heterocycles. The second-order valence-electron chi connectivity index (χ2n) is 7.36. The van der Waals surface area contributed by atoms with Gasteiger partial charge in [0.05, 0.1) is 12.3 Å². The van der Waals surface area contributed by atoms with Crippen LogP contribution in [-0.2, 0) is 11.2 Å². The summed E-state index contributed by atoms with van der Waals surface area (Å²) in [4.78, 5) is 20.5. The number of ether oxygens (including phenoxy) is 1. The lowest BCUT2D eigenvalue weighted by Crippen LogP contribution is -2.14.